The summed E-state index contributed by atoms with van der Waals surface area (Å²) in [7, 11) is 0. The summed E-state index contributed by atoms with van der Waals surface area (Å²) in [6.45, 7) is 2.90. The molecule has 19 heavy (non-hydrogen) atoms. The predicted molar refractivity (Wildman–Crippen MR) is 74.0 cm³/mol. The van der Waals surface area contributed by atoms with Gasteiger partial charge in [0, 0.05) is 25.4 Å². The number of hydrogen-bond donors (Lipinski definition) is 2. The normalized spacial score (nSPS) is 21.6. The Morgan fingerprint density at radius 2 is 2.42 bits per heavy atom. The Bertz CT molecular complexity index is 467. The summed E-state index contributed by atoms with van der Waals surface area (Å²) in [6.07, 6.45) is 3.15. The molecule has 2 N–H and O–H groups in total. The smallest absolute Gasteiger partial charge is 0.225 e. The van der Waals surface area contributed by atoms with E-state index in [1.807, 2.05) is 0 Å². The van der Waals surface area contributed by atoms with Crippen molar-refractivity contribution >= 4 is 11.6 Å². The van der Waals surface area contributed by atoms with E-state index in [1.165, 1.54) is 23.2 Å². The van der Waals surface area contributed by atoms with Crippen LogP contribution in [0.25, 0.3) is 0 Å². The minimum Gasteiger partial charge on any atom is -0.385 e. The number of hydrogen-bond acceptors (Lipinski definition) is 3. The second-order valence-electron chi connectivity index (χ2n) is 5.26. The van der Waals surface area contributed by atoms with Gasteiger partial charge in [-0.3, -0.25) is 4.79 Å². The number of fused-ring (bicyclic) bond motifs is 1. The number of carbonyl (C=O) groups is 1. The Morgan fingerprint density at radius 3 is 3.26 bits per heavy atom. The number of benzene rings is 1. The van der Waals surface area contributed by atoms with Crippen LogP contribution >= 0.6 is 0 Å². The standard InChI is InChI=1S/C15H20N2O2/c18-15(13-6-8-19-10-13)17-9-12-4-1-3-11-5-2-7-16-14(11)12/h1,3-4,13,16H,2,5-10H2,(H,17,18). The number of para-hydroxylation sites is 1. The van der Waals surface area contributed by atoms with Crippen LogP contribution in [0.2, 0.25) is 0 Å². The molecule has 4 heteroatoms. The van der Waals surface area contributed by atoms with Crippen molar-refractivity contribution in [3.8, 4) is 0 Å². The van der Waals surface area contributed by atoms with E-state index in [0.717, 1.165) is 19.4 Å². The Hall–Kier alpha value is -1.55. The molecule has 2 aliphatic rings. The topological polar surface area (TPSA) is 50.4 Å². The molecule has 1 unspecified atom stereocenters. The van der Waals surface area contributed by atoms with Gasteiger partial charge in [-0.25, -0.2) is 0 Å². The van der Waals surface area contributed by atoms with Crippen LogP contribution in [0.15, 0.2) is 18.2 Å². The largest absolute Gasteiger partial charge is 0.385 e. The Kier molecular flexibility index (Phi) is 3.69. The molecule has 3 rings (SSSR count). The molecule has 0 aromatic heterocycles. The number of nitrogens with one attached hydrogen (secondary N) is 2. The van der Waals surface area contributed by atoms with Crippen LogP contribution in [0.3, 0.4) is 0 Å². The summed E-state index contributed by atoms with van der Waals surface area (Å²) in [6, 6.07) is 6.33. The fourth-order valence-corrected chi connectivity index (χ4v) is 2.80. The summed E-state index contributed by atoms with van der Waals surface area (Å²) >= 11 is 0. The number of aryl methyl sites for hydroxylation is 1. The molecule has 1 aromatic carbocycles. The molecule has 1 atom stereocenters. The highest BCUT2D eigenvalue weighted by Gasteiger charge is 2.23. The molecular weight excluding hydrogens is 240 g/mol. The number of carbonyl (C=O) groups excluding carboxylic acids is 1. The Morgan fingerprint density at radius 1 is 1.47 bits per heavy atom. The van der Waals surface area contributed by atoms with Crippen molar-refractivity contribution in [3.05, 3.63) is 29.3 Å². The van der Waals surface area contributed by atoms with Crippen LogP contribution in [0.1, 0.15) is 24.0 Å². The van der Waals surface area contributed by atoms with Crippen molar-refractivity contribution in [1.82, 2.24) is 5.32 Å². The molecule has 102 valence electrons. The molecule has 1 saturated heterocycles. The van der Waals surface area contributed by atoms with Crippen LogP contribution in [-0.2, 0) is 22.5 Å². The summed E-state index contributed by atoms with van der Waals surface area (Å²) in [4.78, 5) is 12.0. The first kappa shape index (κ1) is 12.5. The van der Waals surface area contributed by atoms with Gasteiger partial charge in [0.05, 0.1) is 12.5 Å². The van der Waals surface area contributed by atoms with Gasteiger partial charge in [0.25, 0.3) is 0 Å². The van der Waals surface area contributed by atoms with Gasteiger partial charge < -0.3 is 15.4 Å². The molecule has 1 aromatic rings. The van der Waals surface area contributed by atoms with E-state index < -0.39 is 0 Å². The summed E-state index contributed by atoms with van der Waals surface area (Å²) < 4.78 is 5.25. The number of ether oxygens (including phenoxy) is 1. The van der Waals surface area contributed by atoms with E-state index in [4.69, 9.17) is 4.74 Å². The van der Waals surface area contributed by atoms with Crippen LogP contribution in [0.4, 0.5) is 5.69 Å². The van der Waals surface area contributed by atoms with Crippen LogP contribution < -0.4 is 10.6 Å². The monoisotopic (exact) mass is 260 g/mol. The molecule has 4 nitrogen and oxygen atoms in total. The molecule has 1 amide bonds. The Balaban J connectivity index is 1.65. The van der Waals surface area contributed by atoms with Gasteiger partial charge in [-0.1, -0.05) is 18.2 Å². The highest BCUT2D eigenvalue weighted by atomic mass is 16.5. The van der Waals surface area contributed by atoms with E-state index >= 15 is 0 Å². The van der Waals surface area contributed by atoms with Crippen LogP contribution in [0.5, 0.6) is 0 Å². The fraction of sp³-hybridized carbons (Fsp3) is 0.533. The summed E-state index contributed by atoms with van der Waals surface area (Å²) in [5, 5.41) is 6.48. The summed E-state index contributed by atoms with van der Waals surface area (Å²) in [5.41, 5.74) is 3.77. The van der Waals surface area contributed by atoms with Gasteiger partial charge in [-0.2, -0.15) is 0 Å². The van der Waals surface area contributed by atoms with Crippen LogP contribution in [-0.4, -0.2) is 25.7 Å². The molecule has 0 saturated carbocycles. The highest BCUT2D eigenvalue weighted by molar-refractivity contribution is 5.79. The zero-order valence-corrected chi connectivity index (χ0v) is 11.1. The number of rotatable bonds is 3. The van der Waals surface area contributed by atoms with E-state index in [1.54, 1.807) is 0 Å². The zero-order valence-electron chi connectivity index (χ0n) is 11.1. The minimum atomic E-state index is 0.0347. The maximum absolute atomic E-state index is 12.0. The lowest BCUT2D eigenvalue weighted by atomic mass is 9.99. The lowest BCUT2D eigenvalue weighted by molar-refractivity contribution is -0.125. The maximum Gasteiger partial charge on any atom is 0.225 e. The summed E-state index contributed by atoms with van der Waals surface area (Å²) in [5.74, 6) is 0.151. The first-order valence-electron chi connectivity index (χ1n) is 7.04. The van der Waals surface area contributed by atoms with Gasteiger partial charge in [0.15, 0.2) is 0 Å². The third-order valence-corrected chi connectivity index (χ3v) is 3.92. The van der Waals surface area contributed by atoms with Gasteiger partial charge in [-0.15, -0.1) is 0 Å². The van der Waals surface area contributed by atoms with E-state index in [0.29, 0.717) is 19.8 Å². The van der Waals surface area contributed by atoms with Crippen molar-refractivity contribution < 1.29 is 9.53 Å². The van der Waals surface area contributed by atoms with Gasteiger partial charge >= 0.3 is 0 Å². The van der Waals surface area contributed by atoms with E-state index in [9.17, 15) is 4.79 Å². The van der Waals surface area contributed by atoms with Crippen LogP contribution in [0, 0.1) is 5.92 Å². The third kappa shape index (κ3) is 2.73. The SMILES string of the molecule is O=C(NCc1cccc2c1NCCC2)C1CCOC1. The van der Waals surface area contributed by atoms with Crippen molar-refractivity contribution in [2.75, 3.05) is 25.1 Å². The van der Waals surface area contributed by atoms with Crippen molar-refractivity contribution in [2.45, 2.75) is 25.8 Å². The molecule has 0 spiro atoms. The first-order chi connectivity index (χ1) is 9.34. The van der Waals surface area contributed by atoms with Gasteiger partial charge in [-0.05, 0) is 30.4 Å². The van der Waals surface area contributed by atoms with Gasteiger partial charge in [0.2, 0.25) is 5.91 Å². The van der Waals surface area contributed by atoms with Gasteiger partial charge in [0.1, 0.15) is 0 Å². The second-order valence-corrected chi connectivity index (χ2v) is 5.26. The van der Waals surface area contributed by atoms with Crippen molar-refractivity contribution in [3.63, 3.8) is 0 Å². The maximum atomic E-state index is 12.0. The molecular formula is C15H20N2O2. The molecule has 2 aliphatic heterocycles. The molecule has 0 aliphatic carbocycles. The molecule has 0 radical (unpaired) electrons. The third-order valence-electron chi connectivity index (χ3n) is 3.92. The average molecular weight is 260 g/mol. The highest BCUT2D eigenvalue weighted by Crippen LogP contribution is 2.26. The Labute approximate surface area is 113 Å². The van der Waals surface area contributed by atoms with E-state index in [2.05, 4.69) is 28.8 Å². The lowest BCUT2D eigenvalue weighted by Gasteiger charge is -2.21. The second kappa shape index (κ2) is 5.61. The number of amides is 1. The fourth-order valence-electron chi connectivity index (χ4n) is 2.80. The zero-order chi connectivity index (χ0) is 13.1. The molecule has 2 heterocycles. The minimum absolute atomic E-state index is 0.0347. The lowest BCUT2D eigenvalue weighted by Crippen LogP contribution is -2.31. The van der Waals surface area contributed by atoms with Crippen molar-refractivity contribution in [1.29, 1.82) is 0 Å². The molecule has 1 fully saturated rings. The van der Waals surface area contributed by atoms with Crippen molar-refractivity contribution in [2.24, 2.45) is 5.92 Å². The molecule has 0 bridgehead atoms. The van der Waals surface area contributed by atoms with E-state index in [-0.39, 0.29) is 11.8 Å². The quantitative estimate of drug-likeness (QED) is 0.869. The first-order valence-corrected chi connectivity index (χ1v) is 7.04. The number of anilines is 1. The average Bonchev–Trinajstić information content (AvgIpc) is 2.99. The predicted octanol–water partition coefficient (Wildman–Crippen LogP) is 1.70.